The topological polar surface area (TPSA) is 54.4 Å². The van der Waals surface area contributed by atoms with Crippen molar-refractivity contribution in [1.82, 2.24) is 0 Å². The van der Waals surface area contributed by atoms with Gasteiger partial charge < -0.3 is 5.11 Å². The summed E-state index contributed by atoms with van der Waals surface area (Å²) in [6.45, 7) is 0. The van der Waals surface area contributed by atoms with Gasteiger partial charge in [-0.2, -0.15) is 0 Å². The summed E-state index contributed by atoms with van der Waals surface area (Å²) in [5.74, 6) is 0. The molecule has 1 atom stereocenters. The molecule has 0 radical (unpaired) electrons. The second-order valence-corrected chi connectivity index (χ2v) is 8.77. The number of alkyl halides is 1. The minimum absolute atomic E-state index is 0.323. The van der Waals surface area contributed by atoms with Crippen molar-refractivity contribution < 1.29 is 13.5 Å². The molecule has 3 nitrogen and oxygen atoms in total. The standard InChI is InChI=1S/C16H23BrO3S/c17-13-7-10-15(16(18)11-5-2-6-12-16)21(19,20)14-8-3-1-4-9-14/h1,3-4,8-9,15,18H,2,5-7,10-13H2. The maximum absolute atomic E-state index is 13.0. The van der Waals surface area contributed by atoms with Gasteiger partial charge in [0.15, 0.2) is 9.84 Å². The first-order chi connectivity index (χ1) is 10.0. The first-order valence-corrected chi connectivity index (χ1v) is 10.2. The second-order valence-electron chi connectivity index (χ2n) is 5.84. The Hall–Kier alpha value is -0.390. The van der Waals surface area contributed by atoms with Crippen LogP contribution in [-0.4, -0.2) is 29.7 Å². The fraction of sp³-hybridized carbons (Fsp3) is 0.625. The van der Waals surface area contributed by atoms with Crippen LogP contribution >= 0.6 is 15.9 Å². The summed E-state index contributed by atoms with van der Waals surface area (Å²) >= 11 is 3.37. The van der Waals surface area contributed by atoms with E-state index in [9.17, 15) is 13.5 Å². The van der Waals surface area contributed by atoms with Gasteiger partial charge in [0.05, 0.1) is 15.7 Å². The van der Waals surface area contributed by atoms with Crippen molar-refractivity contribution in [3.05, 3.63) is 30.3 Å². The minimum Gasteiger partial charge on any atom is -0.389 e. The fourth-order valence-corrected chi connectivity index (χ4v) is 5.71. The molecule has 1 N–H and O–H groups in total. The third kappa shape index (κ3) is 3.88. The highest BCUT2D eigenvalue weighted by Crippen LogP contribution is 2.38. The Morgan fingerprint density at radius 3 is 2.33 bits per heavy atom. The number of benzene rings is 1. The molecule has 2 rings (SSSR count). The van der Waals surface area contributed by atoms with E-state index in [1.807, 2.05) is 6.07 Å². The van der Waals surface area contributed by atoms with E-state index in [1.165, 1.54) is 0 Å². The molecule has 21 heavy (non-hydrogen) atoms. The second kappa shape index (κ2) is 7.25. The molecule has 0 saturated heterocycles. The first-order valence-electron chi connectivity index (χ1n) is 7.58. The van der Waals surface area contributed by atoms with Gasteiger partial charge in [-0.25, -0.2) is 8.42 Å². The number of rotatable bonds is 6. The van der Waals surface area contributed by atoms with Gasteiger partial charge in [-0.15, -0.1) is 0 Å². The molecule has 1 unspecified atom stereocenters. The van der Waals surface area contributed by atoms with Gasteiger partial charge in [0.2, 0.25) is 0 Å². The molecule has 0 heterocycles. The third-order valence-electron chi connectivity index (χ3n) is 4.36. The Morgan fingerprint density at radius 2 is 1.76 bits per heavy atom. The maximum atomic E-state index is 13.0. The minimum atomic E-state index is -3.50. The summed E-state index contributed by atoms with van der Waals surface area (Å²) in [6, 6.07) is 8.53. The molecule has 1 aliphatic rings. The molecule has 1 fully saturated rings. The molecule has 1 aromatic carbocycles. The number of halogens is 1. The summed E-state index contributed by atoms with van der Waals surface area (Å²) in [5, 5.41) is 11.0. The van der Waals surface area contributed by atoms with E-state index in [0.29, 0.717) is 24.2 Å². The molecule has 1 aromatic rings. The van der Waals surface area contributed by atoms with Gasteiger partial charge in [0.1, 0.15) is 0 Å². The summed E-state index contributed by atoms with van der Waals surface area (Å²) in [7, 11) is -3.50. The van der Waals surface area contributed by atoms with E-state index in [-0.39, 0.29) is 0 Å². The van der Waals surface area contributed by atoms with E-state index < -0.39 is 20.7 Å². The van der Waals surface area contributed by atoms with E-state index >= 15 is 0 Å². The van der Waals surface area contributed by atoms with Gasteiger partial charge in [-0.05, 0) is 37.8 Å². The lowest BCUT2D eigenvalue weighted by molar-refractivity contribution is -0.00191. The van der Waals surface area contributed by atoms with Crippen molar-refractivity contribution in [3.63, 3.8) is 0 Å². The summed E-state index contributed by atoms with van der Waals surface area (Å²) in [6.07, 6.45) is 5.33. The predicted octanol–water partition coefficient (Wildman–Crippen LogP) is 3.70. The van der Waals surface area contributed by atoms with Crippen LogP contribution in [0.4, 0.5) is 0 Å². The van der Waals surface area contributed by atoms with Gasteiger partial charge in [0, 0.05) is 5.33 Å². The zero-order chi connectivity index (χ0) is 15.3. The molecule has 118 valence electrons. The molecular weight excluding hydrogens is 352 g/mol. The smallest absolute Gasteiger partial charge is 0.184 e. The molecule has 0 bridgehead atoms. The largest absolute Gasteiger partial charge is 0.389 e. The van der Waals surface area contributed by atoms with Crippen LogP contribution in [0.3, 0.4) is 0 Å². The molecule has 0 amide bonds. The lowest BCUT2D eigenvalue weighted by Gasteiger charge is -2.38. The fourth-order valence-electron chi connectivity index (χ4n) is 3.24. The number of aliphatic hydroxyl groups is 1. The van der Waals surface area contributed by atoms with Crippen LogP contribution in [0.1, 0.15) is 44.9 Å². The summed E-state index contributed by atoms with van der Waals surface area (Å²) in [5.41, 5.74) is -1.07. The van der Waals surface area contributed by atoms with Crippen LogP contribution in [0.2, 0.25) is 0 Å². The Bertz CT molecular complexity index is 536. The Labute approximate surface area is 135 Å². The normalized spacial score (nSPS) is 20.1. The number of sulfone groups is 1. The molecular formula is C16H23BrO3S. The molecule has 1 saturated carbocycles. The lowest BCUT2D eigenvalue weighted by Crippen LogP contribution is -2.48. The average Bonchev–Trinajstić information content (AvgIpc) is 2.49. The van der Waals surface area contributed by atoms with Crippen LogP contribution in [-0.2, 0) is 9.84 Å². The van der Waals surface area contributed by atoms with Crippen molar-refractivity contribution in [2.24, 2.45) is 0 Å². The molecule has 1 aliphatic carbocycles. The SMILES string of the molecule is O=S(=O)(c1ccccc1)C(CCCBr)C1(O)CCCCC1. The average molecular weight is 375 g/mol. The van der Waals surface area contributed by atoms with E-state index in [2.05, 4.69) is 15.9 Å². The highest BCUT2D eigenvalue weighted by Gasteiger charge is 2.45. The van der Waals surface area contributed by atoms with Crippen LogP contribution in [0.5, 0.6) is 0 Å². The lowest BCUT2D eigenvalue weighted by atomic mass is 9.81. The van der Waals surface area contributed by atoms with Gasteiger partial charge in [0.25, 0.3) is 0 Å². The highest BCUT2D eigenvalue weighted by molar-refractivity contribution is 9.09. The van der Waals surface area contributed by atoms with Crippen molar-refractivity contribution in [1.29, 1.82) is 0 Å². The number of hydrogen-bond acceptors (Lipinski definition) is 3. The Kier molecular flexibility index (Phi) is 5.86. The van der Waals surface area contributed by atoms with Crippen LogP contribution < -0.4 is 0 Å². The number of hydrogen-bond donors (Lipinski definition) is 1. The Morgan fingerprint density at radius 1 is 1.14 bits per heavy atom. The predicted molar refractivity (Wildman–Crippen MR) is 88.5 cm³/mol. The van der Waals surface area contributed by atoms with Crippen molar-refractivity contribution in [2.45, 2.75) is 60.7 Å². The zero-order valence-corrected chi connectivity index (χ0v) is 14.6. The van der Waals surface area contributed by atoms with Gasteiger partial charge in [-0.1, -0.05) is 53.4 Å². The van der Waals surface area contributed by atoms with Crippen molar-refractivity contribution >= 4 is 25.8 Å². The van der Waals surface area contributed by atoms with Crippen LogP contribution in [0.15, 0.2) is 35.2 Å². The quantitative estimate of drug-likeness (QED) is 0.772. The van der Waals surface area contributed by atoms with E-state index in [4.69, 9.17) is 0 Å². The molecule has 0 aromatic heterocycles. The van der Waals surface area contributed by atoms with E-state index in [1.54, 1.807) is 24.3 Å². The zero-order valence-electron chi connectivity index (χ0n) is 12.2. The summed E-state index contributed by atoms with van der Waals surface area (Å²) in [4.78, 5) is 0.323. The van der Waals surface area contributed by atoms with Crippen LogP contribution in [0.25, 0.3) is 0 Å². The maximum Gasteiger partial charge on any atom is 0.184 e. The Balaban J connectivity index is 2.35. The molecule has 5 heteroatoms. The third-order valence-corrected chi connectivity index (χ3v) is 7.28. The monoisotopic (exact) mass is 374 g/mol. The van der Waals surface area contributed by atoms with Crippen molar-refractivity contribution in [2.75, 3.05) is 5.33 Å². The first kappa shape index (κ1) is 17.0. The highest BCUT2D eigenvalue weighted by atomic mass is 79.9. The van der Waals surface area contributed by atoms with Gasteiger partial charge in [-0.3, -0.25) is 0 Å². The van der Waals surface area contributed by atoms with Crippen LogP contribution in [0, 0.1) is 0 Å². The molecule has 0 spiro atoms. The molecule has 0 aliphatic heterocycles. The summed E-state index contributed by atoms with van der Waals surface area (Å²) < 4.78 is 25.9. The van der Waals surface area contributed by atoms with Gasteiger partial charge >= 0.3 is 0 Å². The van der Waals surface area contributed by atoms with Crippen molar-refractivity contribution in [3.8, 4) is 0 Å². The van der Waals surface area contributed by atoms with E-state index in [0.717, 1.165) is 31.0 Å².